The summed E-state index contributed by atoms with van der Waals surface area (Å²) in [6, 6.07) is 5.90. The summed E-state index contributed by atoms with van der Waals surface area (Å²) in [7, 11) is -4.13. The maximum Gasteiger partial charge on any atom is 0.264 e. The van der Waals surface area contributed by atoms with Gasteiger partial charge in [0, 0.05) is 13.0 Å². The standard InChI is InChI=1S/C23H31ClN4O5S2/c1-4-6-7-19-26-22(24)18(14-29)28(19)13-16-8-10-17(11-9-16)35(32,33)27-20(30)12-25-23(31)21(34)15(3)5-2/h8-11,14-15,21,34H,4-7,12-13H2,1-3H3,(H,25,31)(H,27,30). The number of nitrogens with zero attached hydrogens (tertiary/aromatic N) is 2. The van der Waals surface area contributed by atoms with E-state index < -0.39 is 33.6 Å². The number of carbonyl (C=O) groups is 3. The number of hydrogen-bond acceptors (Lipinski definition) is 7. The van der Waals surface area contributed by atoms with Crippen molar-refractivity contribution in [2.75, 3.05) is 6.54 Å². The van der Waals surface area contributed by atoms with Gasteiger partial charge >= 0.3 is 0 Å². The first kappa shape index (κ1) is 28.9. The van der Waals surface area contributed by atoms with Gasteiger partial charge in [0.25, 0.3) is 15.9 Å². The second kappa shape index (κ2) is 13.1. The number of aromatic nitrogens is 2. The van der Waals surface area contributed by atoms with E-state index in [-0.39, 0.29) is 28.2 Å². The Morgan fingerprint density at radius 3 is 2.46 bits per heavy atom. The molecule has 12 heteroatoms. The van der Waals surface area contributed by atoms with Gasteiger partial charge in [-0.3, -0.25) is 14.4 Å². The van der Waals surface area contributed by atoms with Gasteiger partial charge in [-0.15, -0.1) is 0 Å². The predicted octanol–water partition coefficient (Wildman–Crippen LogP) is 3.01. The largest absolute Gasteiger partial charge is 0.346 e. The van der Waals surface area contributed by atoms with Crippen molar-refractivity contribution >= 4 is 52.4 Å². The molecule has 0 spiro atoms. The van der Waals surface area contributed by atoms with Crippen LogP contribution in [0.25, 0.3) is 0 Å². The van der Waals surface area contributed by atoms with Crippen molar-refractivity contribution in [2.45, 2.75) is 63.1 Å². The normalized spacial score (nSPS) is 13.2. The van der Waals surface area contributed by atoms with Gasteiger partial charge in [0.1, 0.15) is 11.5 Å². The van der Waals surface area contributed by atoms with Gasteiger partial charge in [-0.1, -0.05) is 57.3 Å². The van der Waals surface area contributed by atoms with E-state index in [1.807, 2.05) is 25.5 Å². The van der Waals surface area contributed by atoms with E-state index in [9.17, 15) is 22.8 Å². The van der Waals surface area contributed by atoms with Crippen LogP contribution in [0.2, 0.25) is 5.15 Å². The average molecular weight is 543 g/mol. The number of nitrogens with one attached hydrogen (secondary N) is 2. The molecule has 0 aliphatic heterocycles. The van der Waals surface area contributed by atoms with E-state index >= 15 is 0 Å². The lowest BCUT2D eigenvalue weighted by atomic mass is 10.0. The highest BCUT2D eigenvalue weighted by atomic mass is 35.5. The molecule has 35 heavy (non-hydrogen) atoms. The number of unbranched alkanes of at least 4 members (excludes halogenated alkanes) is 1. The summed E-state index contributed by atoms with van der Waals surface area (Å²) in [5.74, 6) is -0.613. The molecule has 2 atom stereocenters. The van der Waals surface area contributed by atoms with Crippen molar-refractivity contribution in [3.8, 4) is 0 Å². The third-order valence-electron chi connectivity index (χ3n) is 5.60. The van der Waals surface area contributed by atoms with E-state index in [1.165, 1.54) is 12.1 Å². The lowest BCUT2D eigenvalue weighted by Crippen LogP contribution is -2.43. The van der Waals surface area contributed by atoms with Gasteiger partial charge in [0.2, 0.25) is 5.91 Å². The Kier molecular flexibility index (Phi) is 10.8. The maximum absolute atomic E-state index is 12.6. The third kappa shape index (κ3) is 7.81. The Morgan fingerprint density at radius 1 is 1.23 bits per heavy atom. The van der Waals surface area contributed by atoms with E-state index in [1.54, 1.807) is 16.7 Å². The van der Waals surface area contributed by atoms with Crippen molar-refractivity contribution < 1.29 is 22.8 Å². The first-order valence-electron chi connectivity index (χ1n) is 11.3. The van der Waals surface area contributed by atoms with Crippen molar-refractivity contribution in [1.82, 2.24) is 19.6 Å². The molecule has 1 aromatic heterocycles. The quantitative estimate of drug-likeness (QED) is 0.264. The summed E-state index contributed by atoms with van der Waals surface area (Å²) in [5, 5.41) is 1.94. The SMILES string of the molecule is CCCCc1nc(Cl)c(C=O)n1Cc1ccc(S(=O)(=O)NC(=O)CNC(=O)C(S)C(C)CC)cc1. The van der Waals surface area contributed by atoms with Crippen LogP contribution in [-0.4, -0.2) is 47.9 Å². The summed E-state index contributed by atoms with van der Waals surface area (Å²) >= 11 is 10.3. The Bertz CT molecular complexity index is 1150. The molecule has 2 rings (SSSR count). The van der Waals surface area contributed by atoms with Gasteiger partial charge in [0.15, 0.2) is 11.4 Å². The Labute approximate surface area is 216 Å². The predicted molar refractivity (Wildman–Crippen MR) is 137 cm³/mol. The van der Waals surface area contributed by atoms with Crippen LogP contribution in [0.4, 0.5) is 0 Å². The topological polar surface area (TPSA) is 127 Å². The number of amides is 2. The molecule has 0 aliphatic rings. The van der Waals surface area contributed by atoms with Crippen LogP contribution in [0, 0.1) is 5.92 Å². The molecule has 0 fully saturated rings. The lowest BCUT2D eigenvalue weighted by molar-refractivity contribution is -0.125. The number of sulfonamides is 1. The Morgan fingerprint density at radius 2 is 1.89 bits per heavy atom. The van der Waals surface area contributed by atoms with E-state index in [0.29, 0.717) is 18.5 Å². The summed E-state index contributed by atoms with van der Waals surface area (Å²) < 4.78 is 28.8. The fourth-order valence-corrected chi connectivity index (χ4v) is 4.78. The average Bonchev–Trinajstić information content (AvgIpc) is 3.13. The van der Waals surface area contributed by atoms with Crippen LogP contribution < -0.4 is 10.0 Å². The minimum atomic E-state index is -4.13. The fraction of sp³-hybridized carbons (Fsp3) is 0.478. The molecular weight excluding hydrogens is 512 g/mol. The molecular formula is C23H31ClN4O5S2. The number of imidazole rings is 1. The van der Waals surface area contributed by atoms with Gasteiger partial charge in [-0.05, 0) is 30.0 Å². The zero-order valence-electron chi connectivity index (χ0n) is 20.0. The van der Waals surface area contributed by atoms with Crippen LogP contribution >= 0.6 is 24.2 Å². The molecule has 1 heterocycles. The molecule has 0 bridgehead atoms. The fourth-order valence-electron chi connectivity index (χ4n) is 3.25. The zero-order valence-corrected chi connectivity index (χ0v) is 22.4. The van der Waals surface area contributed by atoms with Crippen LogP contribution in [0.3, 0.4) is 0 Å². The maximum atomic E-state index is 12.6. The number of hydrogen-bond donors (Lipinski definition) is 3. The molecule has 0 saturated heterocycles. The number of carbonyl (C=O) groups excluding carboxylic acids is 3. The number of rotatable bonds is 13. The molecule has 0 radical (unpaired) electrons. The minimum Gasteiger partial charge on any atom is -0.346 e. The first-order valence-corrected chi connectivity index (χ1v) is 13.7. The smallest absolute Gasteiger partial charge is 0.264 e. The summed E-state index contributed by atoms with van der Waals surface area (Å²) in [6.07, 6.45) is 3.88. The number of thiol groups is 1. The van der Waals surface area contributed by atoms with E-state index in [0.717, 1.165) is 24.8 Å². The monoisotopic (exact) mass is 542 g/mol. The molecule has 192 valence electrons. The Hall–Kier alpha value is -2.37. The van der Waals surface area contributed by atoms with Gasteiger partial charge in [-0.25, -0.2) is 18.1 Å². The van der Waals surface area contributed by atoms with Crippen molar-refractivity contribution in [1.29, 1.82) is 0 Å². The van der Waals surface area contributed by atoms with E-state index in [2.05, 4.69) is 22.9 Å². The molecule has 2 aromatic rings. The zero-order chi connectivity index (χ0) is 26.2. The molecule has 1 aromatic carbocycles. The molecule has 2 amide bonds. The highest BCUT2D eigenvalue weighted by Crippen LogP contribution is 2.20. The summed E-state index contributed by atoms with van der Waals surface area (Å²) in [4.78, 5) is 39.8. The first-order chi connectivity index (χ1) is 16.5. The summed E-state index contributed by atoms with van der Waals surface area (Å²) in [5.41, 5.74) is 0.989. The van der Waals surface area contributed by atoms with Crippen LogP contribution in [0.1, 0.15) is 61.9 Å². The van der Waals surface area contributed by atoms with E-state index in [4.69, 9.17) is 11.6 Å². The van der Waals surface area contributed by atoms with Crippen LogP contribution in [0.15, 0.2) is 29.2 Å². The number of aldehydes is 1. The molecule has 0 aliphatic carbocycles. The number of halogens is 1. The van der Waals surface area contributed by atoms with Crippen molar-refractivity contribution in [3.63, 3.8) is 0 Å². The van der Waals surface area contributed by atoms with Crippen molar-refractivity contribution in [3.05, 3.63) is 46.5 Å². The molecule has 2 unspecified atom stereocenters. The Balaban J connectivity index is 2.06. The molecule has 9 nitrogen and oxygen atoms in total. The summed E-state index contributed by atoms with van der Waals surface area (Å²) in [6.45, 7) is 5.62. The second-order valence-corrected chi connectivity index (χ2v) is 10.8. The third-order valence-corrected chi connectivity index (χ3v) is 8.01. The highest BCUT2D eigenvalue weighted by Gasteiger charge is 2.22. The van der Waals surface area contributed by atoms with Gasteiger partial charge in [-0.2, -0.15) is 12.6 Å². The lowest BCUT2D eigenvalue weighted by Gasteiger charge is -2.16. The molecule has 0 saturated carbocycles. The van der Waals surface area contributed by atoms with Crippen LogP contribution in [0.5, 0.6) is 0 Å². The minimum absolute atomic E-state index is 0.00678. The van der Waals surface area contributed by atoms with Gasteiger partial charge in [0.05, 0.1) is 16.7 Å². The second-order valence-electron chi connectivity index (χ2n) is 8.23. The number of aryl methyl sites for hydroxylation is 1. The number of benzene rings is 1. The van der Waals surface area contributed by atoms with Crippen molar-refractivity contribution in [2.24, 2.45) is 5.92 Å². The molecule has 2 N–H and O–H groups in total. The van der Waals surface area contributed by atoms with Crippen LogP contribution in [-0.2, 0) is 32.6 Å². The highest BCUT2D eigenvalue weighted by molar-refractivity contribution is 7.90. The van der Waals surface area contributed by atoms with Gasteiger partial charge < -0.3 is 9.88 Å².